The Kier molecular flexibility index (Phi) is 14.5. The van der Waals surface area contributed by atoms with E-state index < -0.39 is 12.1 Å². The fourth-order valence-corrected chi connectivity index (χ4v) is 11.4. The largest absolute Gasteiger partial charge is 0.497 e. The maximum atomic E-state index is 12.9. The van der Waals surface area contributed by atoms with E-state index in [1.165, 1.54) is 11.3 Å². The molecule has 336 valence electrons. The van der Waals surface area contributed by atoms with Crippen molar-refractivity contribution in [3.63, 3.8) is 0 Å². The normalized spacial score (nSPS) is 18.8. The van der Waals surface area contributed by atoms with E-state index in [2.05, 4.69) is 89.2 Å². The van der Waals surface area contributed by atoms with Crippen LogP contribution in [0.1, 0.15) is 117 Å². The Balaban J connectivity index is 0.868. The van der Waals surface area contributed by atoms with Crippen molar-refractivity contribution >= 4 is 46.8 Å². The minimum atomic E-state index is -0.419. The number of hydrogen-bond acceptors (Lipinski definition) is 11. The summed E-state index contributed by atoms with van der Waals surface area (Å²) in [6, 6.07) is 20.0. The number of carbonyl (C=O) groups excluding carboxylic acids is 2. The second kappa shape index (κ2) is 20.6. The van der Waals surface area contributed by atoms with Crippen molar-refractivity contribution in [2.24, 2.45) is 15.9 Å². The zero-order valence-electron chi connectivity index (χ0n) is 37.7. The molecule has 4 heterocycles. The average molecular weight is 902 g/mol. The molecule has 13 nitrogen and oxygen atoms in total. The van der Waals surface area contributed by atoms with Gasteiger partial charge in [0.1, 0.15) is 35.2 Å². The van der Waals surface area contributed by atoms with Crippen molar-refractivity contribution in [3.05, 3.63) is 107 Å². The van der Waals surface area contributed by atoms with Crippen LogP contribution in [0.5, 0.6) is 11.5 Å². The highest BCUT2D eigenvalue weighted by Gasteiger charge is 2.34. The van der Waals surface area contributed by atoms with Crippen molar-refractivity contribution < 1.29 is 19.1 Å². The molecule has 0 bridgehead atoms. The van der Waals surface area contributed by atoms with Crippen LogP contribution in [-0.4, -0.2) is 91.6 Å². The topological polar surface area (TPSA) is 150 Å². The second-order valence-corrected chi connectivity index (χ2v) is 19.1. The Labute approximate surface area is 384 Å². The lowest BCUT2D eigenvalue weighted by Crippen LogP contribution is -2.26. The number of benzene rings is 3. The molecule has 2 atom stereocenters. The highest BCUT2D eigenvalue weighted by atomic mass is 32.2. The molecule has 1 fully saturated rings. The van der Waals surface area contributed by atoms with Gasteiger partial charge in [0, 0.05) is 51.6 Å². The van der Waals surface area contributed by atoms with Gasteiger partial charge in [-0.25, -0.2) is 4.98 Å². The van der Waals surface area contributed by atoms with Gasteiger partial charge >= 0.3 is 0 Å². The number of unbranched alkanes of at least 4 members (excludes halogenated alkanes) is 1. The average Bonchev–Trinajstić information content (AvgIpc) is 3.81. The smallest absolute Gasteiger partial charge is 0.222 e. The van der Waals surface area contributed by atoms with E-state index in [1.54, 1.807) is 14.2 Å². The van der Waals surface area contributed by atoms with Gasteiger partial charge in [0.15, 0.2) is 5.82 Å². The molecule has 2 aliphatic heterocycles. The van der Waals surface area contributed by atoms with Crippen LogP contribution in [0, 0.1) is 19.8 Å². The van der Waals surface area contributed by atoms with Crippen molar-refractivity contribution in [1.29, 1.82) is 0 Å². The molecule has 2 aromatic heterocycles. The molecule has 1 aliphatic carbocycles. The third-order valence-electron chi connectivity index (χ3n) is 12.3. The molecule has 0 spiro atoms. The van der Waals surface area contributed by atoms with Crippen LogP contribution < -0.4 is 20.1 Å². The molecular formula is C49H59N9O4S2. The number of nitrogens with zero attached hydrogens (tertiary/aromatic N) is 7. The maximum absolute atomic E-state index is 12.9. The fourth-order valence-electron chi connectivity index (χ4n) is 9.15. The molecule has 8 rings (SSSR count). The standard InChI is InChI=1S/C49H59N9O4S2/c1-7-50-45(59)27-40-44-29-52-30(3)57(44)42-21-15-34(61-5)25-38(42)47(53-40)32-11-17-36(18-12-32)63-23-9-10-24-64-37-19-13-33(14-20-37)48-39-26-35(62-6)16-22-43(39)58-31(4)55-56-49(58)41(54-48)28-46(60)51-8-2/h11-12,15-18,21-22,25-26,29,33,37,40-41H,7-10,13-14,19-20,23-24,27-28H2,1-6H3,(H,50,59)(H,51,60). The molecule has 0 radical (unpaired) electrons. The summed E-state index contributed by atoms with van der Waals surface area (Å²) in [7, 11) is 3.37. The molecule has 0 saturated heterocycles. The zero-order valence-corrected chi connectivity index (χ0v) is 39.4. The Morgan fingerprint density at radius 1 is 0.734 bits per heavy atom. The van der Waals surface area contributed by atoms with E-state index in [4.69, 9.17) is 19.5 Å². The number of aryl methyl sites for hydroxylation is 2. The van der Waals surface area contributed by atoms with Crippen LogP contribution in [0.25, 0.3) is 11.4 Å². The summed E-state index contributed by atoms with van der Waals surface area (Å²) in [6.07, 6.45) is 9.01. The number of hydrogen-bond donors (Lipinski definition) is 2. The van der Waals surface area contributed by atoms with Crippen LogP contribution in [0.4, 0.5) is 0 Å². The number of imidazole rings is 1. The number of aliphatic imine (C=N–C) groups is 2. The number of aromatic nitrogens is 5. The zero-order chi connectivity index (χ0) is 44.7. The first-order valence-corrected chi connectivity index (χ1v) is 24.6. The molecular weight excluding hydrogens is 843 g/mol. The van der Waals surface area contributed by atoms with E-state index in [1.807, 2.05) is 63.9 Å². The number of rotatable bonds is 17. The molecule has 2 unspecified atom stereocenters. The van der Waals surface area contributed by atoms with E-state index in [-0.39, 0.29) is 30.6 Å². The summed E-state index contributed by atoms with van der Waals surface area (Å²) in [4.78, 5) is 42.3. The van der Waals surface area contributed by atoms with Gasteiger partial charge in [0.25, 0.3) is 0 Å². The summed E-state index contributed by atoms with van der Waals surface area (Å²) in [6.45, 7) is 8.94. The Hall–Kier alpha value is -5.41. The van der Waals surface area contributed by atoms with E-state index in [0.717, 1.165) is 112 Å². The van der Waals surface area contributed by atoms with E-state index in [9.17, 15) is 9.59 Å². The van der Waals surface area contributed by atoms with Crippen molar-refractivity contribution in [3.8, 4) is 22.9 Å². The van der Waals surface area contributed by atoms with Crippen LogP contribution in [0.3, 0.4) is 0 Å². The SMILES string of the molecule is CCNC(=O)CC1N=C(c2ccc(SCCCCSC3CCC(C4=NC(CC(=O)NCC)c5nnc(C)n5-c5ccc(OC)cc54)CC3)cc2)c2cc(OC)ccc2-n2c1cnc2C. The predicted molar refractivity (Wildman–Crippen MR) is 256 cm³/mol. The van der Waals surface area contributed by atoms with Crippen molar-refractivity contribution in [2.45, 2.75) is 101 Å². The molecule has 3 aliphatic rings. The Morgan fingerprint density at radius 3 is 2.05 bits per heavy atom. The number of nitrogens with one attached hydrogen (secondary N) is 2. The molecule has 2 N–H and O–H groups in total. The highest BCUT2D eigenvalue weighted by Crippen LogP contribution is 2.41. The summed E-state index contributed by atoms with van der Waals surface area (Å²) in [5.74, 6) is 6.27. The highest BCUT2D eigenvalue weighted by molar-refractivity contribution is 8.00. The number of carbonyl (C=O) groups is 2. The lowest BCUT2D eigenvalue weighted by Gasteiger charge is -2.30. The first-order valence-electron chi connectivity index (χ1n) is 22.6. The third kappa shape index (κ3) is 9.80. The van der Waals surface area contributed by atoms with Gasteiger partial charge in [-0.05, 0) is 126 Å². The quantitative estimate of drug-likeness (QED) is 0.0690. The van der Waals surface area contributed by atoms with E-state index >= 15 is 0 Å². The van der Waals surface area contributed by atoms with Crippen molar-refractivity contribution in [2.75, 3.05) is 38.8 Å². The van der Waals surface area contributed by atoms with Gasteiger partial charge in [-0.15, -0.1) is 22.0 Å². The molecule has 1 saturated carbocycles. The van der Waals surface area contributed by atoms with E-state index in [0.29, 0.717) is 24.2 Å². The monoisotopic (exact) mass is 901 g/mol. The van der Waals surface area contributed by atoms with Gasteiger partial charge in [-0.3, -0.25) is 28.7 Å². The number of thioether (sulfide) groups is 2. The number of fused-ring (bicyclic) bond motifs is 6. The van der Waals surface area contributed by atoms with Gasteiger partial charge in [-0.2, -0.15) is 11.8 Å². The number of methoxy groups -OCH3 is 2. The lowest BCUT2D eigenvalue weighted by molar-refractivity contribution is -0.122. The number of amides is 2. The minimum absolute atomic E-state index is 0.0358. The second-order valence-electron chi connectivity index (χ2n) is 16.5. The predicted octanol–water partition coefficient (Wildman–Crippen LogP) is 8.74. The summed E-state index contributed by atoms with van der Waals surface area (Å²) in [5, 5.41) is 15.5. The number of ether oxygens (including phenoxy) is 2. The fraction of sp³-hybridized carbons (Fsp3) is 0.449. The first-order chi connectivity index (χ1) is 31.2. The van der Waals surface area contributed by atoms with Crippen LogP contribution >= 0.6 is 23.5 Å². The minimum Gasteiger partial charge on any atom is -0.497 e. The lowest BCUT2D eigenvalue weighted by atomic mass is 9.82. The molecule has 15 heteroatoms. The Bertz CT molecular complexity index is 2520. The molecule has 2 amide bonds. The third-order valence-corrected chi connectivity index (χ3v) is 14.9. The molecule has 64 heavy (non-hydrogen) atoms. The van der Waals surface area contributed by atoms with Gasteiger partial charge < -0.3 is 20.1 Å². The van der Waals surface area contributed by atoms with Crippen LogP contribution in [0.2, 0.25) is 0 Å². The summed E-state index contributed by atoms with van der Waals surface area (Å²) >= 11 is 4.01. The molecule has 5 aromatic rings. The van der Waals surface area contributed by atoms with Gasteiger partial charge in [-0.1, -0.05) is 12.1 Å². The Morgan fingerprint density at radius 2 is 1.38 bits per heavy atom. The van der Waals surface area contributed by atoms with Crippen molar-refractivity contribution in [1.82, 2.24) is 34.9 Å². The van der Waals surface area contributed by atoms with Crippen LogP contribution in [0.15, 0.2) is 81.7 Å². The van der Waals surface area contributed by atoms with Crippen LogP contribution in [-0.2, 0) is 9.59 Å². The maximum Gasteiger partial charge on any atom is 0.222 e. The van der Waals surface area contributed by atoms with Gasteiger partial charge in [0.2, 0.25) is 11.8 Å². The summed E-state index contributed by atoms with van der Waals surface area (Å²) < 4.78 is 15.5. The first kappa shape index (κ1) is 45.2. The molecule has 3 aromatic carbocycles. The summed E-state index contributed by atoms with van der Waals surface area (Å²) in [5.41, 5.74) is 7.73. The van der Waals surface area contributed by atoms with Gasteiger partial charge in [0.05, 0.1) is 56.0 Å².